The smallest absolute Gasteiger partial charge is 0.235 e. The highest BCUT2D eigenvalue weighted by atomic mass is 16.5. The Morgan fingerprint density at radius 3 is 2.71 bits per heavy atom. The number of carbonyl (C=O) groups is 2. The molecule has 1 aliphatic heterocycles. The number of piperazine rings is 1. The van der Waals surface area contributed by atoms with Crippen molar-refractivity contribution in [3.8, 4) is 17.2 Å². The first-order chi connectivity index (χ1) is 18.4. The number of hydrogen-bond donors (Lipinski definition) is 2. The predicted octanol–water partition coefficient (Wildman–Crippen LogP) is 3.94. The Kier molecular flexibility index (Phi) is 7.17. The molecule has 1 saturated heterocycles. The fourth-order valence-corrected chi connectivity index (χ4v) is 5.19. The van der Waals surface area contributed by atoms with Crippen molar-refractivity contribution in [2.45, 2.75) is 51.0 Å². The van der Waals surface area contributed by atoms with Gasteiger partial charge in [-0.3, -0.25) is 9.59 Å². The Bertz CT molecular complexity index is 1290. The monoisotopic (exact) mass is 514 g/mol. The van der Waals surface area contributed by atoms with Crippen LogP contribution in [0.4, 0.5) is 11.5 Å². The zero-order valence-corrected chi connectivity index (χ0v) is 22.0. The van der Waals surface area contributed by atoms with Crippen molar-refractivity contribution < 1.29 is 14.3 Å². The molecular weight excluding hydrogens is 480 g/mol. The summed E-state index contributed by atoms with van der Waals surface area (Å²) in [6.45, 7) is 4.25. The number of hydrogen-bond acceptors (Lipinski definition) is 7. The van der Waals surface area contributed by atoms with Crippen molar-refractivity contribution in [2.24, 2.45) is 5.41 Å². The number of methoxy groups -OCH3 is 1. The molecule has 2 aliphatic carbocycles. The second-order valence-corrected chi connectivity index (χ2v) is 10.6. The van der Waals surface area contributed by atoms with Crippen LogP contribution >= 0.6 is 0 Å². The number of ether oxygens (including phenoxy) is 1. The Balaban J connectivity index is 1.41. The van der Waals surface area contributed by atoms with Gasteiger partial charge in [-0.25, -0.2) is 4.98 Å². The molecule has 2 amide bonds. The van der Waals surface area contributed by atoms with Crippen LogP contribution in [0.2, 0.25) is 0 Å². The Morgan fingerprint density at radius 2 is 2.08 bits per heavy atom. The van der Waals surface area contributed by atoms with Gasteiger partial charge in [0.2, 0.25) is 11.8 Å². The molecule has 2 heterocycles. The van der Waals surface area contributed by atoms with Crippen molar-refractivity contribution in [3.63, 3.8) is 0 Å². The lowest BCUT2D eigenvalue weighted by Gasteiger charge is -2.41. The summed E-state index contributed by atoms with van der Waals surface area (Å²) in [4.78, 5) is 34.3. The first-order valence-electron chi connectivity index (χ1n) is 13.3. The Morgan fingerprint density at radius 1 is 1.29 bits per heavy atom. The van der Waals surface area contributed by atoms with Crippen molar-refractivity contribution in [2.75, 3.05) is 43.6 Å². The third kappa shape index (κ3) is 5.14. The van der Waals surface area contributed by atoms with Gasteiger partial charge in [-0.2, -0.15) is 5.26 Å². The van der Waals surface area contributed by atoms with E-state index in [0.717, 1.165) is 29.7 Å². The predicted molar refractivity (Wildman–Crippen MR) is 145 cm³/mol. The number of pyridine rings is 1. The van der Waals surface area contributed by atoms with Crippen LogP contribution < -0.4 is 10.2 Å². The van der Waals surface area contributed by atoms with E-state index in [9.17, 15) is 14.9 Å². The molecule has 1 atom stereocenters. The number of benzene rings is 1. The molecule has 2 saturated carbocycles. The molecular formula is C29H34N6O3. The number of nitrogens with one attached hydrogen (secondary N) is 2. The van der Waals surface area contributed by atoms with E-state index in [2.05, 4.69) is 16.3 Å². The second kappa shape index (κ2) is 10.5. The first kappa shape index (κ1) is 25.9. The van der Waals surface area contributed by atoms with Crippen LogP contribution in [0.1, 0.15) is 56.2 Å². The minimum atomic E-state index is -0.665. The van der Waals surface area contributed by atoms with Gasteiger partial charge in [0.15, 0.2) is 0 Å². The van der Waals surface area contributed by atoms with E-state index in [-0.39, 0.29) is 17.9 Å². The normalized spacial score (nSPS) is 20.0. The number of carbonyl (C=O) groups excluding carboxylic acids is 2. The lowest BCUT2D eigenvalue weighted by atomic mass is 9.98. The summed E-state index contributed by atoms with van der Waals surface area (Å²) in [6, 6.07) is 11.9. The van der Waals surface area contributed by atoms with E-state index in [1.165, 1.54) is 6.21 Å². The summed E-state index contributed by atoms with van der Waals surface area (Å²) in [5.41, 5.74) is 3.31. The van der Waals surface area contributed by atoms with Crippen LogP contribution in [0.5, 0.6) is 0 Å². The minimum Gasteiger partial charge on any atom is -0.384 e. The molecule has 0 unspecified atom stereocenters. The number of rotatable bonds is 9. The first-order valence-corrected chi connectivity index (χ1v) is 13.3. The summed E-state index contributed by atoms with van der Waals surface area (Å²) in [6.07, 6.45) is 5.14. The lowest BCUT2D eigenvalue weighted by molar-refractivity contribution is -0.134. The average Bonchev–Trinajstić information content (AvgIpc) is 3.85. The second-order valence-electron chi connectivity index (χ2n) is 10.6. The molecule has 38 heavy (non-hydrogen) atoms. The molecule has 5 rings (SSSR count). The van der Waals surface area contributed by atoms with Gasteiger partial charge in [0.25, 0.3) is 0 Å². The van der Waals surface area contributed by atoms with E-state index in [0.29, 0.717) is 68.5 Å². The van der Waals surface area contributed by atoms with Crippen LogP contribution in [0, 0.1) is 22.2 Å². The van der Waals surface area contributed by atoms with Crippen molar-refractivity contribution >= 4 is 29.5 Å². The molecule has 3 fully saturated rings. The van der Waals surface area contributed by atoms with E-state index >= 15 is 0 Å². The molecule has 9 nitrogen and oxygen atoms in total. The minimum absolute atomic E-state index is 0.00141. The maximum atomic E-state index is 12.7. The van der Waals surface area contributed by atoms with E-state index < -0.39 is 5.41 Å². The van der Waals surface area contributed by atoms with Crippen LogP contribution in [0.25, 0.3) is 11.1 Å². The Hall–Kier alpha value is -3.77. The fourth-order valence-electron chi connectivity index (χ4n) is 5.19. The topological polar surface area (TPSA) is 122 Å². The molecule has 1 aromatic carbocycles. The van der Waals surface area contributed by atoms with E-state index in [1.54, 1.807) is 7.11 Å². The molecule has 3 aliphatic rings. The third-order valence-electron chi connectivity index (χ3n) is 7.83. The quantitative estimate of drug-likeness (QED) is 0.489. The van der Waals surface area contributed by atoms with Gasteiger partial charge in [-0.05, 0) is 56.4 Å². The zero-order chi connectivity index (χ0) is 26.9. The molecule has 0 bridgehead atoms. The molecule has 0 spiro atoms. The molecule has 9 heteroatoms. The molecule has 2 N–H and O–H groups in total. The average molecular weight is 515 g/mol. The lowest BCUT2D eigenvalue weighted by Crippen LogP contribution is -2.54. The number of amides is 2. The summed E-state index contributed by atoms with van der Waals surface area (Å²) in [5, 5.41) is 20.7. The number of anilines is 2. The van der Waals surface area contributed by atoms with E-state index in [1.807, 2.05) is 42.2 Å². The number of nitriles is 1. The SMILES string of the molecule is COCCC(=O)N1CCN(c2nc(C3CC3)c(-c3cccc(NC(=O)C4(C=N)CC4)c3)cc2C#N)C[C@H]1C. The Labute approximate surface area is 223 Å². The van der Waals surface area contributed by atoms with Crippen LogP contribution in [-0.2, 0) is 14.3 Å². The highest BCUT2D eigenvalue weighted by molar-refractivity contribution is 6.07. The van der Waals surface area contributed by atoms with Gasteiger partial charge < -0.3 is 25.3 Å². The largest absolute Gasteiger partial charge is 0.384 e. The standard InChI is InChI=1S/C29H34N6O3/c1-19-17-34(11-12-35(19)25(36)8-13-38-2)27-22(16-30)15-24(26(33-27)20-6-7-20)21-4-3-5-23(14-21)32-28(37)29(18-31)9-10-29/h3-5,14-15,18-20,31H,6-13,17H2,1-2H3,(H,32,37)/t19-/m1/s1. The molecule has 1 aromatic heterocycles. The zero-order valence-electron chi connectivity index (χ0n) is 22.0. The highest BCUT2D eigenvalue weighted by Gasteiger charge is 2.48. The summed E-state index contributed by atoms with van der Waals surface area (Å²) in [7, 11) is 1.60. The fraction of sp³-hybridized carbons (Fsp3) is 0.483. The van der Waals surface area contributed by atoms with E-state index in [4.69, 9.17) is 15.1 Å². The highest BCUT2D eigenvalue weighted by Crippen LogP contribution is 2.46. The van der Waals surface area contributed by atoms with Crippen molar-refractivity contribution in [3.05, 3.63) is 41.6 Å². The van der Waals surface area contributed by atoms with Gasteiger partial charge >= 0.3 is 0 Å². The van der Waals surface area contributed by atoms with Gasteiger partial charge in [-0.15, -0.1) is 0 Å². The number of nitrogens with zero attached hydrogens (tertiary/aromatic N) is 4. The number of aromatic nitrogens is 1. The van der Waals surface area contributed by atoms with Gasteiger partial charge in [0, 0.05) is 56.2 Å². The van der Waals surface area contributed by atoms with Gasteiger partial charge in [0.1, 0.15) is 11.9 Å². The van der Waals surface area contributed by atoms with Crippen molar-refractivity contribution in [1.29, 1.82) is 10.7 Å². The molecule has 0 radical (unpaired) electrons. The summed E-state index contributed by atoms with van der Waals surface area (Å²) < 4.78 is 5.06. The molecule has 2 aromatic rings. The molecule has 198 valence electrons. The van der Waals surface area contributed by atoms with Crippen molar-refractivity contribution in [1.82, 2.24) is 9.88 Å². The third-order valence-corrected chi connectivity index (χ3v) is 7.83. The summed E-state index contributed by atoms with van der Waals surface area (Å²) >= 11 is 0. The summed E-state index contributed by atoms with van der Waals surface area (Å²) in [5.74, 6) is 0.964. The van der Waals surface area contributed by atoms with Crippen LogP contribution in [-0.4, -0.2) is 67.3 Å². The van der Waals surface area contributed by atoms with Gasteiger partial charge in [-0.1, -0.05) is 12.1 Å². The maximum absolute atomic E-state index is 12.7. The van der Waals surface area contributed by atoms with Gasteiger partial charge in [0.05, 0.1) is 29.7 Å². The van der Waals surface area contributed by atoms with Crippen LogP contribution in [0.3, 0.4) is 0 Å². The maximum Gasteiger partial charge on any atom is 0.235 e. The van der Waals surface area contributed by atoms with Crippen LogP contribution in [0.15, 0.2) is 30.3 Å².